The van der Waals surface area contributed by atoms with Gasteiger partial charge >= 0.3 is 11.7 Å². The lowest BCUT2D eigenvalue weighted by Gasteiger charge is -2.43. The minimum Gasteiger partial charge on any atom is -0.453 e. The van der Waals surface area contributed by atoms with E-state index in [2.05, 4.69) is 72.7 Å². The first-order valence-corrected chi connectivity index (χ1v) is 18.1. The van der Waals surface area contributed by atoms with E-state index in [1.807, 2.05) is 0 Å². The molecule has 4 unspecified atom stereocenters. The van der Waals surface area contributed by atoms with Crippen LogP contribution in [0.4, 0.5) is 0 Å². The van der Waals surface area contributed by atoms with Crippen molar-refractivity contribution in [1.82, 2.24) is 9.55 Å². The molecule has 1 N–H and O–H groups in total. The number of aromatic nitrogens is 2. The largest absolute Gasteiger partial charge is 0.453 e. The second kappa shape index (κ2) is 9.09. The molecule has 0 bridgehead atoms. The van der Waals surface area contributed by atoms with Crippen molar-refractivity contribution in [1.29, 1.82) is 0 Å². The summed E-state index contributed by atoms with van der Waals surface area (Å²) in [5.74, 6) is -0.316. The Morgan fingerprint density at radius 3 is 2.14 bits per heavy atom. The van der Waals surface area contributed by atoms with E-state index in [1.54, 1.807) is 0 Å². The van der Waals surface area contributed by atoms with Crippen LogP contribution in [0.2, 0.25) is 36.3 Å². The van der Waals surface area contributed by atoms with Gasteiger partial charge in [0.2, 0.25) is 0 Å². The van der Waals surface area contributed by atoms with E-state index in [9.17, 15) is 14.4 Å². The van der Waals surface area contributed by atoms with Gasteiger partial charge in [-0.15, -0.1) is 0 Å². The van der Waals surface area contributed by atoms with Gasteiger partial charge in [-0.1, -0.05) is 41.5 Å². The van der Waals surface area contributed by atoms with Gasteiger partial charge in [0, 0.05) is 25.1 Å². The number of nitrogens with one attached hydrogen (secondary N) is 1. The molecule has 2 aliphatic heterocycles. The normalized spacial score (nSPS) is 28.1. The third kappa shape index (κ3) is 5.29. The smallest absolute Gasteiger partial charge is 0.330 e. The summed E-state index contributed by atoms with van der Waals surface area (Å²) in [6, 6.07) is 1.28. The van der Waals surface area contributed by atoms with Gasteiger partial charge in [0.1, 0.15) is 12.2 Å². The molecule has 9 nitrogen and oxygen atoms in total. The van der Waals surface area contributed by atoms with Crippen molar-refractivity contribution in [2.24, 2.45) is 0 Å². The molecule has 0 amide bonds. The third-order valence-corrected chi connectivity index (χ3v) is 17.3. The summed E-state index contributed by atoms with van der Waals surface area (Å²) >= 11 is 0. The van der Waals surface area contributed by atoms with Crippen LogP contribution >= 0.6 is 0 Å². The average Bonchev–Trinajstić information content (AvgIpc) is 3.20. The summed E-state index contributed by atoms with van der Waals surface area (Å²) in [5, 5.41) is -0.148. The molecular weight excluding hydrogens is 484 g/mol. The zero-order valence-corrected chi connectivity index (χ0v) is 24.8. The summed E-state index contributed by atoms with van der Waals surface area (Å²) < 4.78 is 27.2. The van der Waals surface area contributed by atoms with Crippen molar-refractivity contribution >= 4 is 22.6 Å². The number of hydrogen-bond acceptors (Lipinski definition) is 7. The van der Waals surface area contributed by atoms with Crippen molar-refractivity contribution in [2.75, 3.05) is 6.61 Å². The van der Waals surface area contributed by atoms with Gasteiger partial charge in [-0.3, -0.25) is 19.1 Å². The number of ether oxygens (including phenoxy) is 2. The predicted octanol–water partition coefficient (Wildman–Crippen LogP) is 3.92. The van der Waals surface area contributed by atoms with Crippen LogP contribution in [0.5, 0.6) is 0 Å². The summed E-state index contributed by atoms with van der Waals surface area (Å²) in [5.41, 5.74) is -2.18. The molecule has 0 aromatic carbocycles. The summed E-state index contributed by atoms with van der Waals surface area (Å²) in [6.07, 6.45) is -0.175. The summed E-state index contributed by atoms with van der Waals surface area (Å²) in [7, 11) is -4.54. The second-order valence-electron chi connectivity index (χ2n) is 12.8. The molecule has 2 aliphatic rings. The molecular formula is C24H42N2O7Si2. The molecule has 3 rings (SSSR count). The molecule has 1 spiro atoms. The molecule has 1 aromatic rings. The van der Waals surface area contributed by atoms with Crippen molar-refractivity contribution in [3.8, 4) is 0 Å². The van der Waals surface area contributed by atoms with Crippen LogP contribution in [0.25, 0.3) is 0 Å². The van der Waals surface area contributed by atoms with Gasteiger partial charge in [-0.25, -0.2) is 4.79 Å². The number of rotatable bonds is 6. The predicted molar refractivity (Wildman–Crippen MR) is 139 cm³/mol. The van der Waals surface area contributed by atoms with Crippen molar-refractivity contribution in [3.05, 3.63) is 33.1 Å². The van der Waals surface area contributed by atoms with Crippen LogP contribution in [0, 0.1) is 0 Å². The zero-order valence-electron chi connectivity index (χ0n) is 22.8. The Balaban J connectivity index is 2.09. The van der Waals surface area contributed by atoms with Gasteiger partial charge in [0.05, 0.1) is 6.61 Å². The number of esters is 1. The third-order valence-electron chi connectivity index (χ3n) is 8.37. The molecule has 3 heterocycles. The van der Waals surface area contributed by atoms with E-state index in [4.69, 9.17) is 18.3 Å². The number of carbonyl (C=O) groups is 1. The quantitative estimate of drug-likeness (QED) is 0.442. The number of hydrogen-bond donors (Lipinski definition) is 1. The molecule has 0 radical (unpaired) electrons. The molecule has 2 fully saturated rings. The number of carbonyl (C=O) groups excluding carboxylic acids is 1. The maximum absolute atomic E-state index is 12.8. The van der Waals surface area contributed by atoms with Crippen LogP contribution in [-0.2, 0) is 23.1 Å². The van der Waals surface area contributed by atoms with Gasteiger partial charge in [-0.05, 0) is 36.3 Å². The molecule has 0 aliphatic carbocycles. The van der Waals surface area contributed by atoms with Crippen molar-refractivity contribution < 1.29 is 23.1 Å². The molecule has 35 heavy (non-hydrogen) atoms. The number of H-pyrrole nitrogens is 1. The van der Waals surface area contributed by atoms with E-state index < -0.39 is 51.9 Å². The Morgan fingerprint density at radius 1 is 1.06 bits per heavy atom. The topological polar surface area (TPSA) is 109 Å². The van der Waals surface area contributed by atoms with Crippen LogP contribution in [-0.4, -0.2) is 56.6 Å². The monoisotopic (exact) mass is 526 g/mol. The fraction of sp³-hybridized carbons (Fsp3) is 0.792. The van der Waals surface area contributed by atoms with Gasteiger partial charge < -0.3 is 18.3 Å². The van der Waals surface area contributed by atoms with E-state index >= 15 is 0 Å². The molecule has 198 valence electrons. The number of nitrogens with zero attached hydrogens (tertiary/aromatic N) is 1. The Kier molecular flexibility index (Phi) is 7.28. The lowest BCUT2D eigenvalue weighted by Crippen LogP contribution is -2.56. The molecule has 11 heteroatoms. The zero-order chi connectivity index (χ0) is 26.6. The Morgan fingerprint density at radius 2 is 1.66 bits per heavy atom. The standard InChI is InChI=1S/C24H42N2O7Si2/c1-22(2,3)34(7,8)30-15-16-24(13-11-18(28)32-24)19(33-35(9,10)23(4,5)6)20(31-16)26-14-12-17(27)25-21(26)29/h12,14,16,19-20H,11,13,15H2,1-10H3,(H,25,27,29). The highest BCUT2D eigenvalue weighted by Gasteiger charge is 2.65. The highest BCUT2D eigenvalue weighted by molar-refractivity contribution is 6.74. The Hall–Kier alpha value is -1.54. The Labute approximate surface area is 209 Å². The average molecular weight is 527 g/mol. The van der Waals surface area contributed by atoms with Crippen LogP contribution < -0.4 is 11.2 Å². The van der Waals surface area contributed by atoms with Gasteiger partial charge in [0.25, 0.3) is 5.56 Å². The maximum Gasteiger partial charge on any atom is 0.330 e. The second-order valence-corrected chi connectivity index (χ2v) is 22.4. The van der Waals surface area contributed by atoms with E-state index in [0.29, 0.717) is 6.42 Å². The van der Waals surface area contributed by atoms with Crippen LogP contribution in [0.1, 0.15) is 60.6 Å². The van der Waals surface area contributed by atoms with Gasteiger partial charge in [0.15, 0.2) is 28.5 Å². The highest BCUT2D eigenvalue weighted by atomic mass is 28.4. The fourth-order valence-electron chi connectivity index (χ4n) is 3.99. The van der Waals surface area contributed by atoms with E-state index in [0.717, 1.165) is 0 Å². The molecule has 0 saturated carbocycles. The first-order valence-electron chi connectivity index (χ1n) is 12.3. The maximum atomic E-state index is 12.8. The first kappa shape index (κ1) is 28.0. The summed E-state index contributed by atoms with van der Waals surface area (Å²) in [6.45, 7) is 21.6. The lowest BCUT2D eigenvalue weighted by atomic mass is 9.89. The highest BCUT2D eigenvalue weighted by Crippen LogP contribution is 2.51. The fourth-order valence-corrected chi connectivity index (χ4v) is 6.30. The minimum atomic E-state index is -2.40. The summed E-state index contributed by atoms with van der Waals surface area (Å²) in [4.78, 5) is 39.4. The molecule has 4 atom stereocenters. The van der Waals surface area contributed by atoms with Gasteiger partial charge in [-0.2, -0.15) is 0 Å². The minimum absolute atomic E-state index is 0.0165. The van der Waals surface area contributed by atoms with E-state index in [-0.39, 0.29) is 29.1 Å². The number of aromatic amines is 1. The molecule has 1 aromatic heterocycles. The van der Waals surface area contributed by atoms with Crippen molar-refractivity contribution in [3.63, 3.8) is 0 Å². The van der Waals surface area contributed by atoms with E-state index in [1.165, 1.54) is 16.8 Å². The SMILES string of the molecule is CC(C)(C)[Si](C)(C)OCC1OC(n2ccc(=O)[nH]c2=O)C(O[Si](C)(C)C(C)(C)C)C12CCC(=O)O2. The molecule has 2 saturated heterocycles. The Bertz CT molecular complexity index is 1070. The first-order chi connectivity index (χ1) is 15.8. The van der Waals surface area contributed by atoms with Crippen LogP contribution in [0.3, 0.4) is 0 Å². The van der Waals surface area contributed by atoms with Crippen molar-refractivity contribution in [2.45, 2.75) is 115 Å². The van der Waals surface area contributed by atoms with Crippen LogP contribution in [0.15, 0.2) is 21.9 Å². The lowest BCUT2D eigenvalue weighted by molar-refractivity contribution is -0.160.